The Bertz CT molecular complexity index is 2010. The number of ether oxygens (including phenoxy) is 3. The van der Waals surface area contributed by atoms with Gasteiger partial charge < -0.3 is 24.4 Å². The van der Waals surface area contributed by atoms with Crippen LogP contribution < -0.4 is 10.2 Å². The third-order valence-corrected chi connectivity index (χ3v) is 10.4. The fourth-order valence-corrected chi connectivity index (χ4v) is 8.04. The lowest BCUT2D eigenvalue weighted by atomic mass is 10.00. The van der Waals surface area contributed by atoms with Crippen LogP contribution in [0.1, 0.15) is 75.6 Å². The van der Waals surface area contributed by atoms with Gasteiger partial charge in [0.2, 0.25) is 0 Å². The number of benzene rings is 3. The lowest BCUT2D eigenvalue weighted by molar-refractivity contribution is -0.153. The first kappa shape index (κ1) is 38.2. The number of nitrogens with one attached hydrogen (secondary N) is 1. The zero-order chi connectivity index (χ0) is 38.9. The molecule has 0 spiro atoms. The van der Waals surface area contributed by atoms with Crippen LogP contribution >= 0.6 is 0 Å². The Hall–Kier alpha value is -5.56. The molecule has 2 saturated heterocycles. The number of allylic oxidation sites excluding steroid dienone is 1. The maximum Gasteiger partial charge on any atom is 0.408 e. The topological polar surface area (TPSA) is 149 Å². The van der Waals surface area contributed by atoms with Crippen molar-refractivity contribution in [1.29, 1.82) is 0 Å². The molecule has 2 fully saturated rings. The number of hydrogen-bond acceptors (Lipinski definition) is 9. The number of nitrogens with zero attached hydrogens (tertiary/aromatic N) is 2. The van der Waals surface area contributed by atoms with Crippen LogP contribution in [0.3, 0.4) is 0 Å². The minimum atomic E-state index is -1.79. The lowest BCUT2D eigenvalue weighted by Crippen LogP contribution is -2.73. The van der Waals surface area contributed by atoms with Crippen molar-refractivity contribution in [3.8, 4) is 0 Å². The summed E-state index contributed by atoms with van der Waals surface area (Å²) in [5.41, 5.74) is 1.14. The quantitative estimate of drug-likeness (QED) is 0.132. The fraction of sp³-hybridized carbons (Fsp3) is 0.341. The molecule has 0 aliphatic carbocycles. The van der Waals surface area contributed by atoms with Gasteiger partial charge in [-0.05, 0) is 95.0 Å². The van der Waals surface area contributed by atoms with Gasteiger partial charge in [0.15, 0.2) is 6.10 Å². The number of fused-ring (bicyclic) bond motifs is 1. The maximum absolute atomic E-state index is 14.4. The molecule has 6 rings (SSSR count). The predicted molar refractivity (Wildman–Crippen MR) is 201 cm³/mol. The minimum Gasteiger partial charge on any atom is -0.456 e. The molecule has 54 heavy (non-hydrogen) atoms. The Morgan fingerprint density at radius 3 is 1.94 bits per heavy atom. The summed E-state index contributed by atoms with van der Waals surface area (Å²) in [6, 6.07) is 23.6. The second-order valence-corrected chi connectivity index (χ2v) is 16.7. The molecule has 3 aliphatic rings. The van der Waals surface area contributed by atoms with E-state index in [2.05, 4.69) is 5.32 Å². The van der Waals surface area contributed by atoms with Crippen LogP contribution in [0.2, 0.25) is 0 Å². The first-order valence-corrected chi connectivity index (χ1v) is 19.0. The Balaban J connectivity index is 1.33. The summed E-state index contributed by atoms with van der Waals surface area (Å²) in [4.78, 5) is 69.8. The van der Waals surface area contributed by atoms with Crippen molar-refractivity contribution in [1.82, 2.24) is 10.2 Å². The average Bonchev–Trinajstić information content (AvgIpc) is 3.47. The number of alkyl carbamates (subject to hydrolysis) is 1. The van der Waals surface area contributed by atoms with E-state index in [0.29, 0.717) is 40.9 Å². The van der Waals surface area contributed by atoms with Crippen LogP contribution in [-0.4, -0.2) is 73.9 Å². The van der Waals surface area contributed by atoms with Gasteiger partial charge in [0, 0.05) is 17.8 Å². The van der Waals surface area contributed by atoms with Crippen LogP contribution in [-0.2, 0) is 39.4 Å². The largest absolute Gasteiger partial charge is 0.456 e. The highest BCUT2D eigenvalue weighted by atomic mass is 32.2. The number of carbonyl (C=O) groups excluding carboxylic acids is 5. The normalized spacial score (nSPS) is 20.8. The van der Waals surface area contributed by atoms with Crippen LogP contribution in [0.15, 0.2) is 108 Å². The smallest absolute Gasteiger partial charge is 0.408 e. The molecule has 3 amide bonds. The number of β-lactam (4-membered cyclic amide) rings is 1. The van der Waals surface area contributed by atoms with E-state index in [9.17, 15) is 28.2 Å². The highest BCUT2D eigenvalue weighted by Gasteiger charge is 2.58. The predicted octanol–water partition coefficient (Wildman–Crippen LogP) is 5.72. The van der Waals surface area contributed by atoms with E-state index in [1.807, 2.05) is 60.7 Å². The minimum absolute atomic E-state index is 0.149. The van der Waals surface area contributed by atoms with E-state index in [-0.39, 0.29) is 22.9 Å². The molecule has 3 aromatic rings. The van der Waals surface area contributed by atoms with E-state index in [0.717, 1.165) is 4.90 Å². The first-order chi connectivity index (χ1) is 25.5. The fourth-order valence-electron chi connectivity index (χ4n) is 6.41. The van der Waals surface area contributed by atoms with Gasteiger partial charge in [-0.15, -0.1) is 0 Å². The monoisotopic (exact) mass is 753 g/mol. The van der Waals surface area contributed by atoms with Gasteiger partial charge in [-0.25, -0.2) is 14.4 Å². The summed E-state index contributed by atoms with van der Waals surface area (Å²) in [5.74, 6) is -2.54. The Labute approximate surface area is 316 Å². The summed E-state index contributed by atoms with van der Waals surface area (Å²) < 4.78 is 30.8. The van der Waals surface area contributed by atoms with Gasteiger partial charge in [0.1, 0.15) is 28.3 Å². The number of amides is 3. The Kier molecular flexibility index (Phi) is 10.6. The van der Waals surface area contributed by atoms with Crippen molar-refractivity contribution >= 4 is 46.3 Å². The van der Waals surface area contributed by atoms with Crippen LogP contribution in [0.4, 0.5) is 10.5 Å². The van der Waals surface area contributed by atoms with Gasteiger partial charge >= 0.3 is 18.0 Å². The Morgan fingerprint density at radius 1 is 0.815 bits per heavy atom. The van der Waals surface area contributed by atoms with E-state index in [1.165, 1.54) is 6.08 Å². The maximum atomic E-state index is 14.4. The molecule has 3 unspecified atom stereocenters. The number of rotatable bonds is 8. The van der Waals surface area contributed by atoms with E-state index in [1.54, 1.807) is 70.7 Å². The zero-order valence-electron chi connectivity index (χ0n) is 31.0. The third kappa shape index (κ3) is 8.31. The molecule has 3 aromatic carbocycles. The molecular formula is C41H43N3O9S. The third-order valence-electron chi connectivity index (χ3n) is 8.74. The molecule has 12 nitrogen and oxygen atoms in total. The van der Waals surface area contributed by atoms with Crippen molar-refractivity contribution in [2.24, 2.45) is 0 Å². The highest BCUT2D eigenvalue weighted by molar-refractivity contribution is 7.86. The number of anilines is 1. The van der Waals surface area contributed by atoms with Crippen molar-refractivity contribution in [2.45, 2.75) is 76.7 Å². The second kappa shape index (κ2) is 15.1. The average molecular weight is 754 g/mol. The molecule has 3 atom stereocenters. The van der Waals surface area contributed by atoms with Crippen LogP contribution in [0, 0.1) is 0 Å². The molecule has 3 heterocycles. The van der Waals surface area contributed by atoms with Crippen molar-refractivity contribution < 1.29 is 42.4 Å². The zero-order valence-corrected chi connectivity index (χ0v) is 31.8. The molecule has 0 saturated carbocycles. The molecular weight excluding hydrogens is 711 g/mol. The van der Waals surface area contributed by atoms with Crippen LogP contribution in [0.5, 0.6) is 0 Å². The number of hydrogen-bond donors (Lipinski definition) is 1. The first-order valence-electron chi connectivity index (χ1n) is 17.6. The molecule has 13 heteroatoms. The number of carbonyl (C=O) groups is 5. The highest BCUT2D eigenvalue weighted by Crippen LogP contribution is 2.39. The summed E-state index contributed by atoms with van der Waals surface area (Å²) in [7, 11) is -1.79. The molecule has 3 aliphatic heterocycles. The van der Waals surface area contributed by atoms with Gasteiger partial charge in [0.05, 0.1) is 22.1 Å². The van der Waals surface area contributed by atoms with Crippen molar-refractivity contribution in [3.63, 3.8) is 0 Å². The van der Waals surface area contributed by atoms with Gasteiger partial charge in [-0.2, -0.15) is 0 Å². The molecule has 282 valence electrons. The van der Waals surface area contributed by atoms with Crippen molar-refractivity contribution in [2.75, 3.05) is 17.2 Å². The van der Waals surface area contributed by atoms with Gasteiger partial charge in [0.25, 0.3) is 11.8 Å². The lowest BCUT2D eigenvalue weighted by Gasteiger charge is -2.49. The second-order valence-electron chi connectivity index (χ2n) is 15.2. The van der Waals surface area contributed by atoms with Crippen molar-refractivity contribution in [3.05, 3.63) is 125 Å². The summed E-state index contributed by atoms with van der Waals surface area (Å²) in [6.07, 6.45) is 0.0977. The number of esters is 2. The Morgan fingerprint density at radius 2 is 1.39 bits per heavy atom. The summed E-state index contributed by atoms with van der Waals surface area (Å²) in [6.45, 7) is 10.7. The summed E-state index contributed by atoms with van der Waals surface area (Å²) >= 11 is 0. The van der Waals surface area contributed by atoms with E-state index >= 15 is 0 Å². The molecule has 0 aromatic heterocycles. The van der Waals surface area contributed by atoms with E-state index in [4.69, 9.17) is 14.2 Å². The summed E-state index contributed by atoms with van der Waals surface area (Å²) in [5, 5.41) is 1.45. The molecule has 0 radical (unpaired) electrons. The molecule has 0 bridgehead atoms. The molecule has 1 N–H and O–H groups in total. The SMILES string of the molecule is CC(C)(C)OC(=O)NC1C(=O)N2C(C(=O)OC(c3ccccc3)c3ccccc3)=C(C=C3CCN(c4ccc(C(=O)OC(C)(C)C)cc4)C3=O)CS(=O)C12. The van der Waals surface area contributed by atoms with Crippen LogP contribution in [0.25, 0.3) is 0 Å². The van der Waals surface area contributed by atoms with Gasteiger partial charge in [-0.1, -0.05) is 60.7 Å². The van der Waals surface area contributed by atoms with E-state index < -0.39 is 63.5 Å². The van der Waals surface area contributed by atoms with Gasteiger partial charge in [-0.3, -0.25) is 18.7 Å². The standard InChI is InChI=1S/C41H43N3O9S/c1-40(2,3)52-37(47)27-17-19-30(20-18-27)43-22-21-28(34(43)45)23-29-24-54(50)36-31(42-39(49)53-41(4,5)6)35(46)44(36)32(29)38(48)51-33(25-13-9-7-10-14-25)26-15-11-8-12-16-26/h7-20,23,31,33,36H,21-22,24H2,1-6H3,(H,42,49).